The number of benzene rings is 1. The normalized spacial score (nSPS) is 14.9. The molecule has 0 amide bonds. The zero-order valence-electron chi connectivity index (χ0n) is 11.4. The molecule has 0 bridgehead atoms. The molecule has 0 N–H and O–H groups in total. The second kappa shape index (κ2) is 5.53. The fourth-order valence-electron chi connectivity index (χ4n) is 2.28. The molecule has 0 saturated heterocycles. The van der Waals surface area contributed by atoms with Crippen molar-refractivity contribution >= 4 is 5.78 Å². The molecule has 0 aromatic heterocycles. The molecule has 0 atom stereocenters. The van der Waals surface area contributed by atoms with E-state index in [-0.39, 0.29) is 5.78 Å². The summed E-state index contributed by atoms with van der Waals surface area (Å²) in [6, 6.07) is 6.41. The molecule has 1 aromatic rings. The average molecular weight is 247 g/mol. The third-order valence-electron chi connectivity index (χ3n) is 3.53. The van der Waals surface area contributed by atoms with Gasteiger partial charge in [-0.15, -0.1) is 0 Å². The Balaban J connectivity index is 2.22. The molecule has 18 heavy (non-hydrogen) atoms. The largest absolute Gasteiger partial charge is 0.496 e. The molecule has 0 radical (unpaired) electrons. The number of carbonyl (C=O) groups is 1. The van der Waals surface area contributed by atoms with Crippen molar-refractivity contribution in [2.75, 3.05) is 13.7 Å². The Kier molecular flexibility index (Phi) is 4.02. The Morgan fingerprint density at radius 2 is 2.17 bits per heavy atom. The van der Waals surface area contributed by atoms with Gasteiger partial charge in [0.05, 0.1) is 7.11 Å². The van der Waals surface area contributed by atoms with Gasteiger partial charge in [-0.25, -0.2) is 0 Å². The minimum Gasteiger partial charge on any atom is -0.496 e. The van der Waals surface area contributed by atoms with Crippen LogP contribution in [0.25, 0.3) is 0 Å². The summed E-state index contributed by atoms with van der Waals surface area (Å²) >= 11 is 0. The Morgan fingerprint density at radius 3 is 2.67 bits per heavy atom. The van der Waals surface area contributed by atoms with Gasteiger partial charge >= 0.3 is 0 Å². The number of ketones is 1. The van der Waals surface area contributed by atoms with E-state index in [1.165, 1.54) is 12.8 Å². The molecule has 1 aromatic carbocycles. The van der Waals surface area contributed by atoms with Gasteiger partial charge in [0.15, 0.2) is 5.78 Å². The van der Waals surface area contributed by atoms with Crippen LogP contribution in [0.5, 0.6) is 5.75 Å². The molecule has 1 saturated carbocycles. The number of rotatable bonds is 6. The van der Waals surface area contributed by atoms with Crippen LogP contribution in [0.1, 0.15) is 42.6 Å². The fourth-order valence-corrected chi connectivity index (χ4v) is 2.28. The topological polar surface area (TPSA) is 29.5 Å². The van der Waals surface area contributed by atoms with Crippen LogP contribution in [0.3, 0.4) is 0 Å². The summed E-state index contributed by atoms with van der Waals surface area (Å²) < 4.78 is 5.39. The molecule has 2 rings (SSSR count). The second-order valence-corrected chi connectivity index (χ2v) is 4.88. The van der Waals surface area contributed by atoms with Crippen molar-refractivity contribution in [3.8, 4) is 5.75 Å². The molecule has 0 aliphatic heterocycles. The molecular formula is C15H21NO2. The van der Waals surface area contributed by atoms with Crippen molar-refractivity contribution in [1.82, 2.24) is 4.90 Å². The maximum absolute atomic E-state index is 11.4. The van der Waals surface area contributed by atoms with Gasteiger partial charge in [0.1, 0.15) is 5.75 Å². The van der Waals surface area contributed by atoms with Gasteiger partial charge in [-0.05, 0) is 44.5 Å². The van der Waals surface area contributed by atoms with Gasteiger partial charge in [0, 0.05) is 23.7 Å². The lowest BCUT2D eigenvalue weighted by Gasteiger charge is -2.21. The number of hydrogen-bond acceptors (Lipinski definition) is 3. The van der Waals surface area contributed by atoms with E-state index in [0.717, 1.165) is 36.0 Å². The van der Waals surface area contributed by atoms with Gasteiger partial charge < -0.3 is 4.74 Å². The van der Waals surface area contributed by atoms with Crippen LogP contribution in [0.15, 0.2) is 18.2 Å². The summed E-state index contributed by atoms with van der Waals surface area (Å²) in [5, 5.41) is 0. The zero-order chi connectivity index (χ0) is 13.1. The lowest BCUT2D eigenvalue weighted by atomic mass is 10.1. The van der Waals surface area contributed by atoms with Gasteiger partial charge in [-0.2, -0.15) is 0 Å². The van der Waals surface area contributed by atoms with Crippen LogP contribution in [-0.4, -0.2) is 30.4 Å². The van der Waals surface area contributed by atoms with Crippen molar-refractivity contribution in [2.24, 2.45) is 0 Å². The first kappa shape index (κ1) is 13.1. The van der Waals surface area contributed by atoms with Crippen LogP contribution >= 0.6 is 0 Å². The van der Waals surface area contributed by atoms with Gasteiger partial charge in [0.2, 0.25) is 0 Å². The summed E-state index contributed by atoms with van der Waals surface area (Å²) in [5.74, 6) is 0.979. The van der Waals surface area contributed by atoms with E-state index >= 15 is 0 Å². The first-order chi connectivity index (χ1) is 8.65. The highest BCUT2D eigenvalue weighted by atomic mass is 16.5. The minimum absolute atomic E-state index is 0.105. The maximum Gasteiger partial charge on any atom is 0.159 e. The number of nitrogens with zero attached hydrogens (tertiary/aromatic N) is 1. The number of carbonyl (C=O) groups excluding carboxylic acids is 1. The number of hydrogen-bond donors (Lipinski definition) is 0. The van der Waals surface area contributed by atoms with Crippen LogP contribution in [0.2, 0.25) is 0 Å². The third kappa shape index (κ3) is 2.91. The SMILES string of the molecule is CCN(Cc1cc(C(C)=O)ccc1OC)C1CC1. The lowest BCUT2D eigenvalue weighted by Crippen LogP contribution is -2.25. The van der Waals surface area contributed by atoms with Gasteiger partial charge in [0.25, 0.3) is 0 Å². The molecule has 0 spiro atoms. The van der Waals surface area contributed by atoms with Crippen molar-refractivity contribution < 1.29 is 9.53 Å². The highest BCUT2D eigenvalue weighted by Gasteiger charge is 2.28. The molecule has 3 nitrogen and oxygen atoms in total. The Labute approximate surface area is 109 Å². The first-order valence-electron chi connectivity index (χ1n) is 6.57. The maximum atomic E-state index is 11.4. The van der Waals surface area contributed by atoms with Crippen molar-refractivity contribution in [1.29, 1.82) is 0 Å². The summed E-state index contributed by atoms with van der Waals surface area (Å²) in [6.07, 6.45) is 2.59. The van der Waals surface area contributed by atoms with Crippen molar-refractivity contribution in [3.05, 3.63) is 29.3 Å². The zero-order valence-corrected chi connectivity index (χ0v) is 11.4. The van der Waals surface area contributed by atoms with Crippen LogP contribution in [-0.2, 0) is 6.54 Å². The smallest absolute Gasteiger partial charge is 0.159 e. The average Bonchev–Trinajstić information content (AvgIpc) is 3.19. The number of Topliss-reactive ketones (excluding diaryl/α,β-unsaturated/α-hetero) is 1. The summed E-state index contributed by atoms with van der Waals surface area (Å²) in [6.45, 7) is 5.69. The lowest BCUT2D eigenvalue weighted by molar-refractivity contribution is 0.101. The summed E-state index contributed by atoms with van der Waals surface area (Å²) in [7, 11) is 1.68. The van der Waals surface area contributed by atoms with E-state index in [1.807, 2.05) is 18.2 Å². The van der Waals surface area contributed by atoms with Gasteiger partial charge in [-0.1, -0.05) is 6.92 Å². The third-order valence-corrected chi connectivity index (χ3v) is 3.53. The molecule has 1 fully saturated rings. The van der Waals surface area contributed by atoms with Crippen LogP contribution in [0.4, 0.5) is 0 Å². The van der Waals surface area contributed by atoms with Crippen molar-refractivity contribution in [3.63, 3.8) is 0 Å². The summed E-state index contributed by atoms with van der Waals surface area (Å²) in [4.78, 5) is 13.9. The van der Waals surface area contributed by atoms with E-state index in [9.17, 15) is 4.79 Å². The molecule has 0 unspecified atom stereocenters. The summed E-state index contributed by atoms with van der Waals surface area (Å²) in [5.41, 5.74) is 1.87. The van der Waals surface area contributed by atoms with E-state index in [2.05, 4.69) is 11.8 Å². The van der Waals surface area contributed by atoms with Crippen LogP contribution in [0, 0.1) is 0 Å². The highest BCUT2D eigenvalue weighted by Crippen LogP contribution is 2.30. The molecule has 1 aliphatic rings. The van der Waals surface area contributed by atoms with E-state index < -0.39 is 0 Å². The van der Waals surface area contributed by atoms with Crippen molar-refractivity contribution in [2.45, 2.75) is 39.3 Å². The predicted octanol–water partition coefficient (Wildman–Crippen LogP) is 2.88. The monoisotopic (exact) mass is 247 g/mol. The molecule has 3 heteroatoms. The standard InChI is InChI=1S/C15H21NO2/c1-4-16(14-6-7-14)10-13-9-12(11(2)17)5-8-15(13)18-3/h5,8-9,14H,4,6-7,10H2,1-3H3. The highest BCUT2D eigenvalue weighted by molar-refractivity contribution is 5.94. The van der Waals surface area contributed by atoms with E-state index in [4.69, 9.17) is 4.74 Å². The Morgan fingerprint density at radius 1 is 1.44 bits per heavy atom. The Hall–Kier alpha value is -1.35. The molecule has 0 heterocycles. The second-order valence-electron chi connectivity index (χ2n) is 4.88. The molecule has 1 aliphatic carbocycles. The fraction of sp³-hybridized carbons (Fsp3) is 0.533. The Bertz CT molecular complexity index is 438. The number of ether oxygens (including phenoxy) is 1. The predicted molar refractivity (Wildman–Crippen MR) is 72.1 cm³/mol. The van der Waals surface area contributed by atoms with Gasteiger partial charge in [-0.3, -0.25) is 9.69 Å². The molecular weight excluding hydrogens is 226 g/mol. The van der Waals surface area contributed by atoms with E-state index in [0.29, 0.717) is 0 Å². The quantitative estimate of drug-likeness (QED) is 0.724. The van der Waals surface area contributed by atoms with Crippen LogP contribution < -0.4 is 4.74 Å². The molecule has 98 valence electrons. The first-order valence-corrected chi connectivity index (χ1v) is 6.57. The minimum atomic E-state index is 0.105. The number of methoxy groups -OCH3 is 1. The van der Waals surface area contributed by atoms with E-state index in [1.54, 1.807) is 14.0 Å².